The zero-order chi connectivity index (χ0) is 12.3. The zero-order valence-corrected chi connectivity index (χ0v) is 10.0. The fourth-order valence-corrected chi connectivity index (χ4v) is 1.93. The number of fused-ring (bicyclic) bond motifs is 1. The van der Waals surface area contributed by atoms with Gasteiger partial charge in [0.05, 0.1) is 6.61 Å². The lowest BCUT2D eigenvalue weighted by molar-refractivity contribution is 0.0449. The van der Waals surface area contributed by atoms with Gasteiger partial charge in [0.25, 0.3) is 0 Å². The summed E-state index contributed by atoms with van der Waals surface area (Å²) < 4.78 is 10.5. The second-order valence-corrected chi connectivity index (χ2v) is 3.66. The van der Waals surface area contributed by atoms with Gasteiger partial charge in [-0.2, -0.15) is 0 Å². The molecular weight excluding hydrogens is 220 g/mol. The first kappa shape index (κ1) is 12.0. The molecule has 1 aromatic rings. The molecule has 2 heterocycles. The first-order chi connectivity index (χ1) is 8.27. The molecule has 0 radical (unpaired) electrons. The van der Waals surface area contributed by atoms with E-state index in [0.717, 1.165) is 11.1 Å². The molecular formula is C12H16N2O3. The quantitative estimate of drug-likeness (QED) is 0.801. The largest absolute Gasteiger partial charge is 0.461 e. The smallest absolute Gasteiger partial charge is 0.357 e. The first-order valence-corrected chi connectivity index (χ1v) is 5.77. The number of carbonyl (C=O) groups is 1. The second kappa shape index (κ2) is 5.25. The minimum Gasteiger partial charge on any atom is -0.461 e. The lowest BCUT2D eigenvalue weighted by Crippen LogP contribution is -2.15. The molecule has 0 fully saturated rings. The number of nitrogens with zero attached hydrogens (tertiary/aromatic N) is 1. The average Bonchev–Trinajstić information content (AvgIpc) is 2.73. The molecule has 1 atom stereocenters. The molecule has 1 N–H and O–H groups in total. The number of nitrogens with one attached hydrogen (secondary N) is 1. The molecule has 5 heteroatoms. The van der Waals surface area contributed by atoms with Gasteiger partial charge in [-0.25, -0.2) is 9.78 Å². The molecule has 0 bridgehead atoms. The van der Waals surface area contributed by atoms with Gasteiger partial charge in [0, 0.05) is 30.5 Å². The summed E-state index contributed by atoms with van der Waals surface area (Å²) >= 11 is 0. The number of pyridine rings is 1. The number of rotatable bonds is 4. The molecule has 0 aromatic carbocycles. The molecule has 1 unspecified atom stereocenters. The van der Waals surface area contributed by atoms with E-state index in [0.29, 0.717) is 25.5 Å². The van der Waals surface area contributed by atoms with E-state index in [1.54, 1.807) is 13.1 Å². The van der Waals surface area contributed by atoms with Crippen molar-refractivity contribution >= 4 is 5.97 Å². The third-order valence-electron chi connectivity index (χ3n) is 2.64. The summed E-state index contributed by atoms with van der Waals surface area (Å²) in [7, 11) is 0. The van der Waals surface area contributed by atoms with Crippen molar-refractivity contribution in [2.45, 2.75) is 26.6 Å². The number of ether oxygens (including phenoxy) is 2. The minimum absolute atomic E-state index is 0.147. The maximum Gasteiger partial charge on any atom is 0.357 e. The Balaban J connectivity index is 2.29. The summed E-state index contributed by atoms with van der Waals surface area (Å²) in [4.78, 5) is 15.8. The van der Waals surface area contributed by atoms with Crippen LogP contribution in [0.1, 0.15) is 41.7 Å². The maximum absolute atomic E-state index is 11.7. The summed E-state index contributed by atoms with van der Waals surface area (Å²) in [5.74, 6) is -0.372. The predicted molar refractivity (Wildman–Crippen MR) is 61.4 cm³/mol. The van der Waals surface area contributed by atoms with Crippen molar-refractivity contribution in [1.82, 2.24) is 10.3 Å². The van der Waals surface area contributed by atoms with Crippen molar-refractivity contribution < 1.29 is 14.3 Å². The standard InChI is InChI=1S/C12H16N2O3/c1-3-16-11-8-5-6-13-10(9(8)7-14-11)12(15)17-4-2/h5-6,11,14H,3-4,7H2,1-2H3. The number of hydrogen-bond acceptors (Lipinski definition) is 5. The zero-order valence-electron chi connectivity index (χ0n) is 10.0. The molecule has 1 aliphatic rings. The summed E-state index contributed by atoms with van der Waals surface area (Å²) in [5, 5.41) is 3.19. The van der Waals surface area contributed by atoms with E-state index in [2.05, 4.69) is 10.3 Å². The molecule has 92 valence electrons. The van der Waals surface area contributed by atoms with Crippen molar-refractivity contribution in [1.29, 1.82) is 0 Å². The van der Waals surface area contributed by atoms with E-state index in [4.69, 9.17) is 9.47 Å². The SMILES string of the molecule is CCOC(=O)c1nccc2c1CNC2OCC. The van der Waals surface area contributed by atoms with Gasteiger partial charge in [0.1, 0.15) is 6.23 Å². The van der Waals surface area contributed by atoms with E-state index < -0.39 is 0 Å². The Morgan fingerprint density at radius 1 is 1.53 bits per heavy atom. The van der Waals surface area contributed by atoms with Crippen LogP contribution < -0.4 is 5.32 Å². The Hall–Kier alpha value is -1.46. The van der Waals surface area contributed by atoms with E-state index >= 15 is 0 Å². The van der Waals surface area contributed by atoms with Gasteiger partial charge in [-0.05, 0) is 19.9 Å². The third-order valence-corrected chi connectivity index (χ3v) is 2.64. The third kappa shape index (κ3) is 2.30. The molecule has 0 aliphatic carbocycles. The monoisotopic (exact) mass is 236 g/mol. The molecule has 0 saturated heterocycles. The van der Waals surface area contributed by atoms with Crippen molar-refractivity contribution in [3.63, 3.8) is 0 Å². The predicted octanol–water partition coefficient (Wildman–Crippen LogP) is 1.40. The van der Waals surface area contributed by atoms with Crippen LogP contribution in [0.2, 0.25) is 0 Å². The number of hydrogen-bond donors (Lipinski definition) is 1. The lowest BCUT2D eigenvalue weighted by atomic mass is 10.1. The summed E-state index contributed by atoms with van der Waals surface area (Å²) in [6.07, 6.45) is 1.47. The Morgan fingerprint density at radius 2 is 2.35 bits per heavy atom. The van der Waals surface area contributed by atoms with Crippen LogP contribution in [0.25, 0.3) is 0 Å². The number of aromatic nitrogens is 1. The fraction of sp³-hybridized carbons (Fsp3) is 0.500. The first-order valence-electron chi connectivity index (χ1n) is 5.77. The highest BCUT2D eigenvalue weighted by Crippen LogP contribution is 2.27. The van der Waals surface area contributed by atoms with Gasteiger partial charge < -0.3 is 9.47 Å². The Morgan fingerprint density at radius 3 is 3.06 bits per heavy atom. The van der Waals surface area contributed by atoms with Crippen molar-refractivity contribution in [3.8, 4) is 0 Å². The van der Waals surface area contributed by atoms with Crippen molar-refractivity contribution in [3.05, 3.63) is 29.1 Å². The van der Waals surface area contributed by atoms with Crippen LogP contribution in [0.4, 0.5) is 0 Å². The molecule has 5 nitrogen and oxygen atoms in total. The van der Waals surface area contributed by atoms with Crippen LogP contribution in [-0.2, 0) is 16.0 Å². The van der Waals surface area contributed by atoms with Crippen LogP contribution in [0.5, 0.6) is 0 Å². The normalized spacial score (nSPS) is 17.9. The highest BCUT2D eigenvalue weighted by atomic mass is 16.5. The van der Waals surface area contributed by atoms with Gasteiger partial charge >= 0.3 is 5.97 Å². The Bertz CT molecular complexity index is 420. The van der Waals surface area contributed by atoms with Crippen molar-refractivity contribution in [2.75, 3.05) is 13.2 Å². The minimum atomic E-state index is -0.372. The molecule has 1 aliphatic heterocycles. The van der Waals surface area contributed by atoms with Crippen LogP contribution in [0, 0.1) is 0 Å². The van der Waals surface area contributed by atoms with Crippen LogP contribution in [-0.4, -0.2) is 24.2 Å². The highest BCUT2D eigenvalue weighted by Gasteiger charge is 2.27. The molecule has 1 aromatic heterocycles. The maximum atomic E-state index is 11.7. The molecule has 0 saturated carbocycles. The lowest BCUT2D eigenvalue weighted by Gasteiger charge is -2.11. The van der Waals surface area contributed by atoms with Gasteiger partial charge in [-0.3, -0.25) is 5.32 Å². The van der Waals surface area contributed by atoms with Gasteiger partial charge in [0.2, 0.25) is 0 Å². The fourth-order valence-electron chi connectivity index (χ4n) is 1.93. The van der Waals surface area contributed by atoms with Crippen LogP contribution in [0.3, 0.4) is 0 Å². The van der Waals surface area contributed by atoms with Gasteiger partial charge in [-0.15, -0.1) is 0 Å². The summed E-state index contributed by atoms with van der Waals surface area (Å²) in [6, 6.07) is 1.87. The van der Waals surface area contributed by atoms with Crippen molar-refractivity contribution in [2.24, 2.45) is 0 Å². The van der Waals surface area contributed by atoms with E-state index in [1.165, 1.54) is 0 Å². The Kier molecular flexibility index (Phi) is 3.71. The Labute approximate surface area is 100 Å². The number of carbonyl (C=O) groups excluding carboxylic acids is 1. The molecule has 2 rings (SSSR count). The van der Waals surface area contributed by atoms with E-state index in [1.807, 2.05) is 13.0 Å². The summed E-state index contributed by atoms with van der Waals surface area (Å²) in [6.45, 7) is 5.28. The summed E-state index contributed by atoms with van der Waals surface area (Å²) in [5.41, 5.74) is 2.24. The average molecular weight is 236 g/mol. The van der Waals surface area contributed by atoms with E-state index in [9.17, 15) is 4.79 Å². The van der Waals surface area contributed by atoms with E-state index in [-0.39, 0.29) is 12.2 Å². The molecule has 17 heavy (non-hydrogen) atoms. The molecule has 0 spiro atoms. The van der Waals surface area contributed by atoms with Crippen LogP contribution in [0.15, 0.2) is 12.3 Å². The molecule has 0 amide bonds. The van der Waals surface area contributed by atoms with Gasteiger partial charge in [0.15, 0.2) is 5.69 Å². The number of esters is 1. The highest BCUT2D eigenvalue weighted by molar-refractivity contribution is 5.89. The van der Waals surface area contributed by atoms with Crippen LogP contribution >= 0.6 is 0 Å². The second-order valence-electron chi connectivity index (χ2n) is 3.66. The topological polar surface area (TPSA) is 60.5 Å². The van der Waals surface area contributed by atoms with Gasteiger partial charge in [-0.1, -0.05) is 0 Å².